The Balaban J connectivity index is 2.58. The van der Waals surface area contributed by atoms with Crippen molar-refractivity contribution >= 4 is 42.9 Å². The normalized spacial score (nSPS) is 13.3. The SMILES string of the molecule is CCCCCCCC/C=C/CCCCCCCC(=O)OCC(COP(=O)(Oc1ccccc1)N(CCCl)CCCl)OC(=O)CCCCCCC/C=C/CCCCCCCC. The molecule has 0 N–H and O–H groups in total. The van der Waals surface area contributed by atoms with Crippen molar-refractivity contribution in [2.75, 3.05) is 38.1 Å². The molecule has 1 aromatic carbocycles. The zero-order valence-electron chi connectivity index (χ0n) is 37.8. The molecule has 0 aliphatic heterocycles. The minimum Gasteiger partial charge on any atom is -0.462 e. The van der Waals surface area contributed by atoms with Crippen molar-refractivity contribution in [1.29, 1.82) is 0 Å². The first-order chi connectivity index (χ1) is 29.4. The van der Waals surface area contributed by atoms with Gasteiger partial charge >= 0.3 is 19.7 Å². The Hall–Kier alpha value is -1.83. The van der Waals surface area contributed by atoms with Gasteiger partial charge in [0, 0.05) is 37.7 Å². The van der Waals surface area contributed by atoms with Gasteiger partial charge in [0.15, 0.2) is 6.10 Å². The number of alkyl halides is 2. The predicted octanol–water partition coefficient (Wildman–Crippen LogP) is 15.5. The Kier molecular flexibility index (Phi) is 38.6. The fourth-order valence-electron chi connectivity index (χ4n) is 6.81. The molecule has 11 heteroatoms. The fraction of sp³-hybridized carbons (Fsp3) is 0.755. The van der Waals surface area contributed by atoms with Gasteiger partial charge < -0.3 is 14.0 Å². The van der Waals surface area contributed by atoms with E-state index in [1.165, 1.54) is 94.6 Å². The number of halogens is 2. The second-order valence-electron chi connectivity index (χ2n) is 16.0. The first kappa shape index (κ1) is 56.2. The van der Waals surface area contributed by atoms with Crippen molar-refractivity contribution in [1.82, 2.24) is 4.67 Å². The number of carbonyl (C=O) groups is 2. The third-order valence-corrected chi connectivity index (χ3v) is 12.8. The van der Waals surface area contributed by atoms with E-state index in [9.17, 15) is 14.2 Å². The average Bonchev–Trinajstić information content (AvgIpc) is 3.24. The summed E-state index contributed by atoms with van der Waals surface area (Å²) in [6.45, 7) is 4.39. The number of carbonyl (C=O) groups excluding carboxylic acids is 2. The zero-order chi connectivity index (χ0) is 43.6. The van der Waals surface area contributed by atoms with Gasteiger partial charge in [-0.1, -0.05) is 159 Å². The van der Waals surface area contributed by atoms with Crippen LogP contribution >= 0.6 is 30.9 Å². The van der Waals surface area contributed by atoms with Crippen LogP contribution in [0, 0.1) is 0 Å². The number of rotatable bonds is 43. The summed E-state index contributed by atoms with van der Waals surface area (Å²) in [7, 11) is -4.01. The number of allylic oxidation sites excluding steroid dienone is 4. The summed E-state index contributed by atoms with van der Waals surface area (Å²) in [5.41, 5.74) is 0. The van der Waals surface area contributed by atoms with Crippen molar-refractivity contribution in [3.63, 3.8) is 0 Å². The van der Waals surface area contributed by atoms with E-state index in [4.69, 9.17) is 41.7 Å². The first-order valence-electron chi connectivity index (χ1n) is 23.9. The lowest BCUT2D eigenvalue weighted by Crippen LogP contribution is -2.33. The molecule has 0 aliphatic rings. The van der Waals surface area contributed by atoms with E-state index < -0.39 is 19.8 Å². The van der Waals surface area contributed by atoms with E-state index >= 15 is 0 Å². The molecule has 346 valence electrons. The predicted molar refractivity (Wildman–Crippen MR) is 253 cm³/mol. The third-order valence-electron chi connectivity index (χ3n) is 10.4. The molecule has 60 heavy (non-hydrogen) atoms. The van der Waals surface area contributed by atoms with Crippen LogP contribution in [0.1, 0.15) is 194 Å². The maximum atomic E-state index is 14.3. The van der Waals surface area contributed by atoms with Crippen LogP contribution in [-0.4, -0.2) is 60.8 Å². The minimum atomic E-state index is -4.01. The van der Waals surface area contributed by atoms with Crippen molar-refractivity contribution in [3.05, 3.63) is 54.6 Å². The van der Waals surface area contributed by atoms with E-state index in [2.05, 4.69) is 38.2 Å². The Morgan fingerprint density at radius 1 is 0.583 bits per heavy atom. The molecule has 2 atom stereocenters. The monoisotopic (exact) mass is 900 g/mol. The summed E-state index contributed by atoms with van der Waals surface area (Å²) in [5.74, 6) is -0.0819. The molecule has 0 heterocycles. The number of nitrogens with zero attached hydrogens (tertiary/aromatic N) is 1. The topological polar surface area (TPSA) is 91.4 Å². The van der Waals surface area contributed by atoms with Gasteiger partial charge in [-0.05, 0) is 76.3 Å². The molecule has 0 aromatic heterocycles. The average molecular weight is 901 g/mol. The fourth-order valence-corrected chi connectivity index (χ4v) is 9.22. The van der Waals surface area contributed by atoms with Crippen molar-refractivity contribution < 1.29 is 32.7 Å². The second kappa shape index (κ2) is 41.2. The maximum Gasteiger partial charge on any atom is 0.461 e. The van der Waals surface area contributed by atoms with Gasteiger partial charge in [-0.15, -0.1) is 23.2 Å². The number of para-hydroxylation sites is 1. The lowest BCUT2D eigenvalue weighted by Gasteiger charge is -2.30. The van der Waals surface area contributed by atoms with Crippen LogP contribution in [0.5, 0.6) is 5.75 Å². The highest BCUT2D eigenvalue weighted by Crippen LogP contribution is 2.52. The number of hydrogen-bond donors (Lipinski definition) is 0. The molecule has 8 nitrogen and oxygen atoms in total. The zero-order valence-corrected chi connectivity index (χ0v) is 40.2. The van der Waals surface area contributed by atoms with Crippen LogP contribution in [0.4, 0.5) is 0 Å². The Morgan fingerprint density at radius 3 is 1.45 bits per heavy atom. The number of benzene rings is 1. The maximum absolute atomic E-state index is 14.3. The summed E-state index contributed by atoms with van der Waals surface area (Å²) in [5, 5.41) is 0. The largest absolute Gasteiger partial charge is 0.462 e. The van der Waals surface area contributed by atoms with Crippen LogP contribution in [-0.2, 0) is 28.2 Å². The van der Waals surface area contributed by atoms with Crippen LogP contribution in [0.15, 0.2) is 54.6 Å². The molecule has 0 saturated carbocycles. The summed E-state index contributed by atoms with van der Waals surface area (Å²) >= 11 is 12.1. The van der Waals surface area contributed by atoms with Crippen LogP contribution < -0.4 is 4.52 Å². The van der Waals surface area contributed by atoms with Gasteiger partial charge in [0.25, 0.3) is 0 Å². The van der Waals surface area contributed by atoms with E-state index in [1.807, 2.05) is 6.07 Å². The minimum absolute atomic E-state index is 0.171. The first-order valence-corrected chi connectivity index (χ1v) is 26.5. The molecule has 0 radical (unpaired) electrons. The van der Waals surface area contributed by atoms with E-state index in [-0.39, 0.29) is 56.9 Å². The lowest BCUT2D eigenvalue weighted by molar-refractivity contribution is -0.161. The molecular weight excluding hydrogens is 816 g/mol. The van der Waals surface area contributed by atoms with Crippen LogP contribution in [0.3, 0.4) is 0 Å². The second-order valence-corrected chi connectivity index (χ2v) is 18.7. The van der Waals surface area contributed by atoms with Crippen LogP contribution in [0.25, 0.3) is 0 Å². The highest BCUT2D eigenvalue weighted by Gasteiger charge is 2.36. The molecule has 0 bridgehead atoms. The molecule has 1 aromatic rings. The quantitative estimate of drug-likeness (QED) is 0.0210. The van der Waals surface area contributed by atoms with E-state index in [0.29, 0.717) is 12.2 Å². The number of hydrogen-bond acceptors (Lipinski definition) is 7. The molecule has 0 aliphatic carbocycles. The standard InChI is InChI=1S/C49H84Cl2NO7P/c1-3-5-7-9-11-13-15-17-19-21-23-25-27-29-34-38-48(53)56-44-47(45-57-60(55,52(42-40-50)43-41-51)59-46-36-32-31-33-37-46)58-49(54)39-35-30-28-26-24-22-20-18-16-14-12-10-8-6-4-2/h17-20,31-33,36-37,47H,3-16,21-30,34-35,38-45H2,1-2H3/b19-17+,20-18+. The number of ether oxygens (including phenoxy) is 2. The van der Waals surface area contributed by atoms with Gasteiger partial charge in [0.2, 0.25) is 0 Å². The Morgan fingerprint density at radius 2 is 1.00 bits per heavy atom. The van der Waals surface area contributed by atoms with E-state index in [1.54, 1.807) is 24.3 Å². The van der Waals surface area contributed by atoms with Gasteiger partial charge in [-0.3, -0.25) is 14.1 Å². The number of esters is 2. The van der Waals surface area contributed by atoms with Gasteiger partial charge in [-0.25, -0.2) is 4.57 Å². The molecule has 0 saturated heterocycles. The summed E-state index contributed by atoms with van der Waals surface area (Å²) in [6.07, 6.45) is 39.3. The Labute approximate surface area is 376 Å². The molecule has 0 fully saturated rings. The van der Waals surface area contributed by atoms with Gasteiger partial charge in [0.05, 0.1) is 6.61 Å². The number of unbranched alkanes of at least 4 members (excludes halogenated alkanes) is 22. The Bertz CT molecular complexity index is 1250. The van der Waals surface area contributed by atoms with E-state index in [0.717, 1.165) is 70.6 Å². The molecular formula is C49H84Cl2NO7P. The van der Waals surface area contributed by atoms with Crippen molar-refractivity contribution in [2.24, 2.45) is 0 Å². The van der Waals surface area contributed by atoms with Crippen LogP contribution in [0.2, 0.25) is 0 Å². The third kappa shape index (κ3) is 32.8. The summed E-state index contributed by atoms with van der Waals surface area (Å²) in [6, 6.07) is 8.71. The smallest absolute Gasteiger partial charge is 0.461 e. The molecule has 2 unspecified atom stereocenters. The highest BCUT2D eigenvalue weighted by molar-refractivity contribution is 7.51. The van der Waals surface area contributed by atoms with Crippen molar-refractivity contribution in [2.45, 2.75) is 200 Å². The molecule has 1 rings (SSSR count). The molecule has 0 spiro atoms. The lowest BCUT2D eigenvalue weighted by atomic mass is 10.1. The molecule has 0 amide bonds. The van der Waals surface area contributed by atoms with Gasteiger partial charge in [0.1, 0.15) is 12.4 Å². The van der Waals surface area contributed by atoms with Gasteiger partial charge in [-0.2, -0.15) is 4.67 Å². The summed E-state index contributed by atoms with van der Waals surface area (Å²) in [4.78, 5) is 25.8. The summed E-state index contributed by atoms with van der Waals surface area (Å²) < 4.78 is 39.1. The van der Waals surface area contributed by atoms with Crippen molar-refractivity contribution in [3.8, 4) is 5.75 Å². The highest BCUT2D eigenvalue weighted by atomic mass is 35.5.